The van der Waals surface area contributed by atoms with Crippen molar-refractivity contribution in [2.45, 2.75) is 51.3 Å². The predicted octanol–water partition coefficient (Wildman–Crippen LogP) is 3.68. The molecule has 1 heterocycles. The van der Waals surface area contributed by atoms with Crippen molar-refractivity contribution in [3.05, 3.63) is 17.2 Å². The molecule has 0 N–H and O–H groups in total. The zero-order chi connectivity index (χ0) is 19.3. The maximum atomic E-state index is 13.2. The quantitative estimate of drug-likeness (QED) is 0.665. The number of hydrogen-bond donors (Lipinski definition) is 0. The van der Waals surface area contributed by atoms with E-state index in [0.29, 0.717) is 37.7 Å². The lowest BCUT2D eigenvalue weighted by atomic mass is 10.2. The molecule has 0 aromatic heterocycles. The fraction of sp³-hybridized carbons (Fsp3) is 0.611. The summed E-state index contributed by atoms with van der Waals surface area (Å²) < 4.78 is 33.4. The fourth-order valence-electron chi connectivity index (χ4n) is 2.90. The molecule has 0 unspecified atom stereocenters. The van der Waals surface area contributed by atoms with Crippen molar-refractivity contribution < 1.29 is 17.9 Å². The summed E-state index contributed by atoms with van der Waals surface area (Å²) in [5.41, 5.74) is 0.515. The highest BCUT2D eigenvalue weighted by Crippen LogP contribution is 2.39. The molecule has 26 heavy (non-hydrogen) atoms. The molecular weight excluding hydrogens is 376 g/mol. The summed E-state index contributed by atoms with van der Waals surface area (Å²) in [6.45, 7) is 7.19. The van der Waals surface area contributed by atoms with Crippen molar-refractivity contribution in [3.63, 3.8) is 0 Å². The molecule has 0 atom stereocenters. The molecule has 0 spiro atoms. The second-order valence-corrected chi connectivity index (χ2v) is 8.69. The lowest BCUT2D eigenvalue weighted by Gasteiger charge is -2.30. The monoisotopic (exact) mass is 402 g/mol. The summed E-state index contributed by atoms with van der Waals surface area (Å²) in [6, 6.07) is 2.97. The number of hydrogen-bond acceptors (Lipinski definition) is 4. The summed E-state index contributed by atoms with van der Waals surface area (Å²) in [6.07, 6.45) is 3.40. The van der Waals surface area contributed by atoms with E-state index in [2.05, 4.69) is 0 Å². The maximum absolute atomic E-state index is 13.2. The smallest absolute Gasteiger partial charge is 0.244 e. The van der Waals surface area contributed by atoms with E-state index in [9.17, 15) is 13.2 Å². The molecule has 146 valence electrons. The van der Waals surface area contributed by atoms with Crippen LogP contribution in [-0.4, -0.2) is 44.9 Å². The van der Waals surface area contributed by atoms with Crippen LogP contribution in [0.15, 0.2) is 17.0 Å². The SMILES string of the molecule is CCCCN(CCCC)S(=O)(=O)c1cc2c(cc1Cl)N(C(C)=O)CCO2. The minimum absolute atomic E-state index is 0.0375. The van der Waals surface area contributed by atoms with E-state index in [1.165, 1.54) is 23.4 Å². The van der Waals surface area contributed by atoms with Gasteiger partial charge in [-0.2, -0.15) is 4.31 Å². The third-order valence-electron chi connectivity index (χ3n) is 4.40. The minimum atomic E-state index is -3.73. The molecule has 1 aromatic carbocycles. The Morgan fingerprint density at radius 1 is 1.23 bits per heavy atom. The van der Waals surface area contributed by atoms with Crippen LogP contribution in [0.3, 0.4) is 0 Å². The summed E-state index contributed by atoms with van der Waals surface area (Å²) in [4.78, 5) is 13.4. The van der Waals surface area contributed by atoms with E-state index in [0.717, 1.165) is 25.7 Å². The van der Waals surface area contributed by atoms with E-state index in [1.807, 2.05) is 13.8 Å². The second kappa shape index (κ2) is 9.06. The number of fused-ring (bicyclic) bond motifs is 1. The van der Waals surface area contributed by atoms with Gasteiger partial charge in [0.25, 0.3) is 0 Å². The van der Waals surface area contributed by atoms with Crippen molar-refractivity contribution in [2.75, 3.05) is 31.1 Å². The Kier molecular flexibility index (Phi) is 7.32. The average Bonchev–Trinajstić information content (AvgIpc) is 2.60. The zero-order valence-corrected chi connectivity index (χ0v) is 17.2. The van der Waals surface area contributed by atoms with Crippen molar-refractivity contribution in [1.29, 1.82) is 0 Å². The first kappa shape index (κ1) is 21.0. The number of sulfonamides is 1. The van der Waals surface area contributed by atoms with Gasteiger partial charge in [-0.05, 0) is 18.9 Å². The third-order valence-corrected chi connectivity index (χ3v) is 6.76. The van der Waals surface area contributed by atoms with E-state index >= 15 is 0 Å². The Morgan fingerprint density at radius 3 is 2.38 bits per heavy atom. The summed E-state index contributed by atoms with van der Waals surface area (Å²) in [7, 11) is -3.73. The Labute approximate surface area is 161 Å². The number of nitrogens with zero attached hydrogens (tertiary/aromatic N) is 2. The van der Waals surface area contributed by atoms with Crippen molar-refractivity contribution in [2.24, 2.45) is 0 Å². The van der Waals surface area contributed by atoms with Crippen LogP contribution in [-0.2, 0) is 14.8 Å². The normalized spacial score (nSPS) is 14.3. The molecule has 0 saturated carbocycles. The third kappa shape index (κ3) is 4.50. The molecule has 1 aliphatic heterocycles. The first-order valence-corrected chi connectivity index (χ1v) is 10.9. The molecule has 0 aliphatic carbocycles. The fourth-order valence-corrected chi connectivity index (χ4v) is 4.93. The van der Waals surface area contributed by atoms with Crippen molar-refractivity contribution >= 4 is 33.2 Å². The molecule has 0 radical (unpaired) electrons. The van der Waals surface area contributed by atoms with E-state index < -0.39 is 10.0 Å². The number of rotatable bonds is 8. The zero-order valence-electron chi connectivity index (χ0n) is 15.6. The van der Waals surface area contributed by atoms with E-state index in [1.54, 1.807) is 4.90 Å². The topological polar surface area (TPSA) is 66.9 Å². The van der Waals surface area contributed by atoms with Gasteiger partial charge < -0.3 is 9.64 Å². The summed E-state index contributed by atoms with van der Waals surface area (Å²) in [5, 5.41) is 0.110. The molecule has 8 heteroatoms. The van der Waals surface area contributed by atoms with Crippen LogP contribution in [0, 0.1) is 0 Å². The standard InChI is InChI=1S/C18H27ClN2O4S/c1-4-6-8-20(9-7-5-2)26(23,24)18-13-17-16(12-15(18)19)21(14(3)22)10-11-25-17/h12-13H,4-11H2,1-3H3. The number of unbranched alkanes of at least 4 members (excludes halogenated alkanes) is 2. The average molecular weight is 403 g/mol. The number of amides is 1. The lowest BCUT2D eigenvalue weighted by Crippen LogP contribution is -2.37. The highest BCUT2D eigenvalue weighted by molar-refractivity contribution is 7.89. The van der Waals surface area contributed by atoms with Crippen LogP contribution < -0.4 is 9.64 Å². The maximum Gasteiger partial charge on any atom is 0.244 e. The molecule has 1 amide bonds. The largest absolute Gasteiger partial charge is 0.489 e. The number of carbonyl (C=O) groups excluding carboxylic acids is 1. The van der Waals surface area contributed by atoms with E-state index in [-0.39, 0.29) is 15.8 Å². The predicted molar refractivity (Wildman–Crippen MR) is 104 cm³/mol. The van der Waals surface area contributed by atoms with Gasteiger partial charge >= 0.3 is 0 Å². The number of carbonyl (C=O) groups is 1. The lowest BCUT2D eigenvalue weighted by molar-refractivity contribution is -0.116. The molecule has 0 fully saturated rings. The highest BCUT2D eigenvalue weighted by Gasteiger charge is 2.30. The second-order valence-electron chi connectivity index (χ2n) is 6.38. The molecular formula is C18H27ClN2O4S. The summed E-state index contributed by atoms with van der Waals surface area (Å²) in [5.74, 6) is 0.245. The van der Waals surface area contributed by atoms with Gasteiger partial charge in [-0.15, -0.1) is 0 Å². The number of benzene rings is 1. The van der Waals surface area contributed by atoms with Crippen LogP contribution >= 0.6 is 11.6 Å². The summed E-state index contributed by atoms with van der Waals surface area (Å²) >= 11 is 6.33. The number of anilines is 1. The van der Waals surface area contributed by atoms with Crippen LogP contribution in [0.25, 0.3) is 0 Å². The van der Waals surface area contributed by atoms with Gasteiger partial charge in [-0.3, -0.25) is 4.79 Å². The van der Waals surface area contributed by atoms with E-state index in [4.69, 9.17) is 16.3 Å². The first-order chi connectivity index (χ1) is 12.3. The Hall–Kier alpha value is -1.31. The van der Waals surface area contributed by atoms with Gasteiger partial charge in [-0.1, -0.05) is 38.3 Å². The highest BCUT2D eigenvalue weighted by atomic mass is 35.5. The number of halogens is 1. The van der Waals surface area contributed by atoms with Gasteiger partial charge in [0.2, 0.25) is 15.9 Å². The van der Waals surface area contributed by atoms with Gasteiger partial charge in [0, 0.05) is 26.1 Å². The van der Waals surface area contributed by atoms with Gasteiger partial charge in [0.15, 0.2) is 0 Å². The first-order valence-electron chi connectivity index (χ1n) is 9.07. The van der Waals surface area contributed by atoms with Gasteiger partial charge in [0.1, 0.15) is 17.3 Å². The molecule has 0 bridgehead atoms. The Morgan fingerprint density at radius 2 is 1.85 bits per heavy atom. The van der Waals surface area contributed by atoms with Crippen molar-refractivity contribution in [1.82, 2.24) is 4.31 Å². The molecule has 6 nitrogen and oxygen atoms in total. The minimum Gasteiger partial charge on any atom is -0.489 e. The Bertz CT molecular complexity index is 744. The molecule has 1 aliphatic rings. The van der Waals surface area contributed by atoms with Crippen molar-refractivity contribution in [3.8, 4) is 5.75 Å². The van der Waals surface area contributed by atoms with Crippen LogP contribution in [0.2, 0.25) is 5.02 Å². The molecule has 2 rings (SSSR count). The molecule has 0 saturated heterocycles. The number of ether oxygens (including phenoxy) is 1. The van der Waals surface area contributed by atoms with Gasteiger partial charge in [0.05, 0.1) is 17.3 Å². The Balaban J connectivity index is 2.43. The van der Waals surface area contributed by atoms with Gasteiger partial charge in [-0.25, -0.2) is 8.42 Å². The van der Waals surface area contributed by atoms with Crippen LogP contribution in [0.1, 0.15) is 46.5 Å². The van der Waals surface area contributed by atoms with Crippen LogP contribution in [0.5, 0.6) is 5.75 Å². The van der Waals surface area contributed by atoms with Crippen LogP contribution in [0.4, 0.5) is 5.69 Å². The molecule has 1 aromatic rings.